The van der Waals surface area contributed by atoms with Crippen molar-refractivity contribution in [1.82, 2.24) is 4.98 Å². The summed E-state index contributed by atoms with van der Waals surface area (Å²) in [5.74, 6) is 0.578. The lowest BCUT2D eigenvalue weighted by atomic mass is 10.1. The summed E-state index contributed by atoms with van der Waals surface area (Å²) in [7, 11) is 1.88. The van der Waals surface area contributed by atoms with Crippen LogP contribution in [0.5, 0.6) is 0 Å². The van der Waals surface area contributed by atoms with Gasteiger partial charge in [0.2, 0.25) is 0 Å². The number of rotatable bonds is 1. The van der Waals surface area contributed by atoms with E-state index < -0.39 is 0 Å². The molecule has 0 amide bonds. The van der Waals surface area contributed by atoms with Crippen LogP contribution in [0.4, 0.5) is 11.5 Å². The van der Waals surface area contributed by atoms with Gasteiger partial charge in [0.1, 0.15) is 5.82 Å². The third-order valence-corrected chi connectivity index (χ3v) is 2.09. The zero-order valence-corrected chi connectivity index (χ0v) is 7.41. The molecule has 0 bridgehead atoms. The normalized spacial score (nSPS) is 10.2. The minimum Gasteiger partial charge on any atom is -0.388 e. The average Bonchev–Trinajstić information content (AvgIpc) is 2.18. The molecular weight excluding hydrogens is 162 g/mol. The Morgan fingerprint density at radius 3 is 2.92 bits per heavy atom. The van der Waals surface area contributed by atoms with Gasteiger partial charge in [-0.3, -0.25) is 0 Å². The standard InChI is InChI=1S/C10H11N3/c1-12-8-3-2-7-4-5-13-10(11)9(7)6-8/h2-6,12H,1H3,(H2,11,13). The Hall–Kier alpha value is -1.77. The largest absolute Gasteiger partial charge is 0.388 e. The average molecular weight is 173 g/mol. The quantitative estimate of drug-likeness (QED) is 0.692. The van der Waals surface area contributed by atoms with Gasteiger partial charge in [-0.05, 0) is 23.6 Å². The highest BCUT2D eigenvalue weighted by Gasteiger charge is 1.98. The summed E-state index contributed by atoms with van der Waals surface area (Å²) in [6.07, 6.45) is 1.72. The molecule has 1 aromatic carbocycles. The van der Waals surface area contributed by atoms with E-state index in [-0.39, 0.29) is 0 Å². The maximum Gasteiger partial charge on any atom is 0.131 e. The monoisotopic (exact) mass is 173 g/mol. The van der Waals surface area contributed by atoms with E-state index in [1.807, 2.05) is 31.3 Å². The van der Waals surface area contributed by atoms with E-state index in [2.05, 4.69) is 10.3 Å². The molecule has 3 N–H and O–H groups in total. The third kappa shape index (κ3) is 1.28. The molecule has 0 fully saturated rings. The Bertz CT molecular complexity index is 437. The van der Waals surface area contributed by atoms with Crippen molar-refractivity contribution < 1.29 is 0 Å². The van der Waals surface area contributed by atoms with Crippen LogP contribution in [0.15, 0.2) is 30.5 Å². The van der Waals surface area contributed by atoms with Gasteiger partial charge in [0, 0.05) is 24.3 Å². The molecule has 1 heterocycles. The molecule has 13 heavy (non-hydrogen) atoms. The molecule has 0 atom stereocenters. The highest BCUT2D eigenvalue weighted by molar-refractivity contribution is 5.93. The molecule has 3 heteroatoms. The van der Waals surface area contributed by atoms with Gasteiger partial charge in [-0.1, -0.05) is 6.07 Å². The van der Waals surface area contributed by atoms with Crippen LogP contribution >= 0.6 is 0 Å². The number of nitrogens with one attached hydrogen (secondary N) is 1. The molecule has 0 saturated heterocycles. The Kier molecular flexibility index (Phi) is 1.77. The molecule has 0 unspecified atom stereocenters. The van der Waals surface area contributed by atoms with Crippen LogP contribution in [-0.2, 0) is 0 Å². The molecule has 0 radical (unpaired) electrons. The number of anilines is 2. The van der Waals surface area contributed by atoms with E-state index in [1.165, 1.54) is 0 Å². The van der Waals surface area contributed by atoms with Gasteiger partial charge in [0.05, 0.1) is 0 Å². The fraction of sp³-hybridized carbons (Fsp3) is 0.100. The lowest BCUT2D eigenvalue weighted by Crippen LogP contribution is -1.92. The topological polar surface area (TPSA) is 50.9 Å². The van der Waals surface area contributed by atoms with Crippen molar-refractivity contribution in [2.24, 2.45) is 0 Å². The van der Waals surface area contributed by atoms with Crippen LogP contribution in [0.1, 0.15) is 0 Å². The number of nitrogen functional groups attached to an aromatic ring is 1. The molecule has 2 rings (SSSR count). The van der Waals surface area contributed by atoms with Gasteiger partial charge < -0.3 is 11.1 Å². The van der Waals surface area contributed by atoms with E-state index >= 15 is 0 Å². The second kappa shape index (κ2) is 2.94. The second-order valence-corrected chi connectivity index (χ2v) is 2.88. The Morgan fingerprint density at radius 1 is 1.31 bits per heavy atom. The molecule has 2 aromatic rings. The molecule has 3 nitrogen and oxygen atoms in total. The summed E-state index contributed by atoms with van der Waals surface area (Å²) in [5.41, 5.74) is 6.79. The summed E-state index contributed by atoms with van der Waals surface area (Å²) in [4.78, 5) is 4.03. The summed E-state index contributed by atoms with van der Waals surface area (Å²) in [6, 6.07) is 7.99. The Balaban J connectivity index is 2.74. The number of fused-ring (bicyclic) bond motifs is 1. The van der Waals surface area contributed by atoms with Crippen molar-refractivity contribution >= 4 is 22.3 Å². The van der Waals surface area contributed by atoms with Crippen molar-refractivity contribution in [3.05, 3.63) is 30.5 Å². The summed E-state index contributed by atoms with van der Waals surface area (Å²) >= 11 is 0. The molecule has 0 aliphatic carbocycles. The van der Waals surface area contributed by atoms with Crippen molar-refractivity contribution in [2.45, 2.75) is 0 Å². The van der Waals surface area contributed by atoms with Crippen LogP contribution < -0.4 is 11.1 Å². The smallest absolute Gasteiger partial charge is 0.131 e. The fourth-order valence-corrected chi connectivity index (χ4v) is 1.35. The van der Waals surface area contributed by atoms with Crippen molar-refractivity contribution in [2.75, 3.05) is 18.1 Å². The first-order valence-electron chi connectivity index (χ1n) is 4.13. The van der Waals surface area contributed by atoms with Gasteiger partial charge in [0.25, 0.3) is 0 Å². The van der Waals surface area contributed by atoms with Crippen molar-refractivity contribution in [3.8, 4) is 0 Å². The van der Waals surface area contributed by atoms with E-state index in [4.69, 9.17) is 5.73 Å². The summed E-state index contributed by atoms with van der Waals surface area (Å²) in [5, 5.41) is 5.17. The maximum absolute atomic E-state index is 5.74. The van der Waals surface area contributed by atoms with Gasteiger partial charge in [0.15, 0.2) is 0 Å². The number of hydrogen-bond donors (Lipinski definition) is 2. The number of pyridine rings is 1. The van der Waals surface area contributed by atoms with E-state index in [1.54, 1.807) is 6.20 Å². The molecular formula is C10H11N3. The zero-order valence-electron chi connectivity index (χ0n) is 7.41. The van der Waals surface area contributed by atoms with Crippen LogP contribution in [0.2, 0.25) is 0 Å². The molecule has 1 aromatic heterocycles. The fourth-order valence-electron chi connectivity index (χ4n) is 1.35. The lowest BCUT2D eigenvalue weighted by Gasteiger charge is -2.03. The predicted octanol–water partition coefficient (Wildman–Crippen LogP) is 1.86. The number of benzene rings is 1. The maximum atomic E-state index is 5.74. The molecule has 0 saturated carbocycles. The van der Waals surface area contributed by atoms with Crippen molar-refractivity contribution in [1.29, 1.82) is 0 Å². The van der Waals surface area contributed by atoms with Crippen LogP contribution in [-0.4, -0.2) is 12.0 Å². The molecule has 66 valence electrons. The lowest BCUT2D eigenvalue weighted by molar-refractivity contribution is 1.37. The van der Waals surface area contributed by atoms with Gasteiger partial charge in [-0.25, -0.2) is 4.98 Å². The predicted molar refractivity (Wildman–Crippen MR) is 55.7 cm³/mol. The Labute approximate surface area is 76.6 Å². The molecule has 0 aliphatic heterocycles. The number of nitrogens with zero attached hydrogens (tertiary/aromatic N) is 1. The zero-order chi connectivity index (χ0) is 9.26. The first-order valence-corrected chi connectivity index (χ1v) is 4.13. The SMILES string of the molecule is CNc1ccc2ccnc(N)c2c1. The minimum absolute atomic E-state index is 0.578. The number of hydrogen-bond acceptors (Lipinski definition) is 3. The van der Waals surface area contributed by atoms with E-state index in [9.17, 15) is 0 Å². The van der Waals surface area contributed by atoms with Gasteiger partial charge in [-0.2, -0.15) is 0 Å². The second-order valence-electron chi connectivity index (χ2n) is 2.88. The van der Waals surface area contributed by atoms with Gasteiger partial charge in [-0.15, -0.1) is 0 Å². The minimum atomic E-state index is 0.578. The number of aromatic nitrogens is 1. The molecule has 0 spiro atoms. The first-order chi connectivity index (χ1) is 6.31. The summed E-state index contributed by atoms with van der Waals surface area (Å²) < 4.78 is 0. The third-order valence-electron chi connectivity index (χ3n) is 2.09. The van der Waals surface area contributed by atoms with Crippen LogP contribution in [0.3, 0.4) is 0 Å². The van der Waals surface area contributed by atoms with Gasteiger partial charge >= 0.3 is 0 Å². The van der Waals surface area contributed by atoms with E-state index in [0.717, 1.165) is 16.5 Å². The summed E-state index contributed by atoms with van der Waals surface area (Å²) in [6.45, 7) is 0. The highest BCUT2D eigenvalue weighted by Crippen LogP contribution is 2.21. The van der Waals surface area contributed by atoms with Crippen molar-refractivity contribution in [3.63, 3.8) is 0 Å². The molecule has 0 aliphatic rings. The van der Waals surface area contributed by atoms with Crippen LogP contribution in [0, 0.1) is 0 Å². The number of nitrogens with two attached hydrogens (primary N) is 1. The van der Waals surface area contributed by atoms with E-state index in [0.29, 0.717) is 5.82 Å². The van der Waals surface area contributed by atoms with Crippen LogP contribution in [0.25, 0.3) is 10.8 Å². The Morgan fingerprint density at radius 2 is 2.15 bits per heavy atom. The first kappa shape index (κ1) is 7.86. The highest BCUT2D eigenvalue weighted by atomic mass is 14.8.